The highest BCUT2D eigenvalue weighted by Crippen LogP contribution is 2.24. The standard InChI is InChI=1S/C17H17N7S/c1-11-21-13(10-25-11)8-20-16-15-14(22-17(18)23-16)5-7-24(15)9-12-4-2-3-6-19-12/h2-7,10H,8-9H2,1H3,(H3,18,20,22,23). The minimum absolute atomic E-state index is 0.250. The van der Waals surface area contributed by atoms with Crippen molar-refractivity contribution in [2.24, 2.45) is 0 Å². The van der Waals surface area contributed by atoms with Gasteiger partial charge in [0.15, 0.2) is 5.82 Å². The molecule has 0 spiro atoms. The summed E-state index contributed by atoms with van der Waals surface area (Å²) in [7, 11) is 0. The number of rotatable bonds is 5. The second-order valence-corrected chi connectivity index (χ2v) is 6.70. The van der Waals surface area contributed by atoms with Crippen molar-refractivity contribution in [1.82, 2.24) is 24.5 Å². The van der Waals surface area contributed by atoms with Crippen molar-refractivity contribution in [3.8, 4) is 0 Å². The molecule has 4 rings (SSSR count). The first-order valence-corrected chi connectivity index (χ1v) is 8.74. The van der Waals surface area contributed by atoms with Crippen molar-refractivity contribution < 1.29 is 0 Å². The minimum Gasteiger partial charge on any atom is -0.368 e. The van der Waals surface area contributed by atoms with Gasteiger partial charge in [0.05, 0.1) is 35.0 Å². The summed E-state index contributed by atoms with van der Waals surface area (Å²) in [6, 6.07) is 7.82. The van der Waals surface area contributed by atoms with Crippen LogP contribution in [0.5, 0.6) is 0 Å². The molecule has 0 aromatic carbocycles. The smallest absolute Gasteiger partial charge is 0.222 e. The first kappa shape index (κ1) is 15.5. The van der Waals surface area contributed by atoms with Crippen LogP contribution in [0.25, 0.3) is 11.0 Å². The van der Waals surface area contributed by atoms with Gasteiger partial charge < -0.3 is 15.6 Å². The summed E-state index contributed by atoms with van der Waals surface area (Å²) in [5.74, 6) is 0.953. The fourth-order valence-corrected chi connectivity index (χ4v) is 3.32. The number of fused-ring (bicyclic) bond motifs is 1. The van der Waals surface area contributed by atoms with E-state index in [4.69, 9.17) is 5.73 Å². The van der Waals surface area contributed by atoms with E-state index >= 15 is 0 Å². The molecule has 0 aliphatic heterocycles. The fraction of sp³-hybridized carbons (Fsp3) is 0.176. The van der Waals surface area contributed by atoms with Gasteiger partial charge in [-0.05, 0) is 25.1 Å². The lowest BCUT2D eigenvalue weighted by atomic mass is 10.3. The zero-order valence-corrected chi connectivity index (χ0v) is 14.5. The summed E-state index contributed by atoms with van der Waals surface area (Å²) >= 11 is 1.63. The predicted molar refractivity (Wildman–Crippen MR) is 99.5 cm³/mol. The van der Waals surface area contributed by atoms with Gasteiger partial charge in [0, 0.05) is 17.8 Å². The van der Waals surface area contributed by atoms with Crippen LogP contribution in [0.4, 0.5) is 11.8 Å². The number of thiazole rings is 1. The van der Waals surface area contributed by atoms with Crippen molar-refractivity contribution in [3.63, 3.8) is 0 Å². The van der Waals surface area contributed by atoms with E-state index in [-0.39, 0.29) is 5.95 Å². The zero-order valence-electron chi connectivity index (χ0n) is 13.7. The van der Waals surface area contributed by atoms with Crippen molar-refractivity contribution >= 4 is 34.1 Å². The fourth-order valence-electron chi connectivity index (χ4n) is 2.71. The maximum Gasteiger partial charge on any atom is 0.222 e. The Bertz CT molecular complexity index is 1010. The number of hydrogen-bond acceptors (Lipinski definition) is 7. The highest BCUT2D eigenvalue weighted by molar-refractivity contribution is 7.09. The first-order valence-electron chi connectivity index (χ1n) is 7.86. The Morgan fingerprint density at radius 1 is 1.16 bits per heavy atom. The first-order chi connectivity index (χ1) is 12.2. The van der Waals surface area contributed by atoms with Gasteiger partial charge in [-0.3, -0.25) is 4.98 Å². The van der Waals surface area contributed by atoms with Crippen LogP contribution in [0.1, 0.15) is 16.4 Å². The van der Waals surface area contributed by atoms with Gasteiger partial charge in [-0.25, -0.2) is 9.97 Å². The molecule has 8 heteroatoms. The summed E-state index contributed by atoms with van der Waals surface area (Å²) in [6.07, 6.45) is 3.77. The highest BCUT2D eigenvalue weighted by Gasteiger charge is 2.12. The van der Waals surface area contributed by atoms with Crippen molar-refractivity contribution in [1.29, 1.82) is 0 Å². The molecular weight excluding hydrogens is 334 g/mol. The molecule has 0 bridgehead atoms. The van der Waals surface area contributed by atoms with Gasteiger partial charge in [0.1, 0.15) is 5.52 Å². The molecule has 7 nitrogen and oxygen atoms in total. The molecule has 3 N–H and O–H groups in total. The number of nitrogen functional groups attached to an aromatic ring is 1. The van der Waals surface area contributed by atoms with Gasteiger partial charge >= 0.3 is 0 Å². The second kappa shape index (κ2) is 6.48. The molecule has 126 valence electrons. The molecular formula is C17H17N7S. The number of aryl methyl sites for hydroxylation is 1. The second-order valence-electron chi connectivity index (χ2n) is 5.64. The number of nitrogens with one attached hydrogen (secondary N) is 1. The molecule has 4 heterocycles. The van der Waals surface area contributed by atoms with Crippen LogP contribution in [0, 0.1) is 6.92 Å². The maximum atomic E-state index is 5.86. The molecule has 0 fully saturated rings. The van der Waals surface area contributed by atoms with E-state index in [9.17, 15) is 0 Å². The molecule has 0 aliphatic rings. The summed E-state index contributed by atoms with van der Waals surface area (Å²) in [4.78, 5) is 17.6. The van der Waals surface area contributed by atoms with Gasteiger partial charge in [-0.15, -0.1) is 11.3 Å². The SMILES string of the molecule is Cc1nc(CNc2nc(N)nc3ccn(Cc4ccccn4)c23)cs1. The monoisotopic (exact) mass is 351 g/mol. The lowest BCUT2D eigenvalue weighted by molar-refractivity contribution is 0.805. The Morgan fingerprint density at radius 2 is 2.08 bits per heavy atom. The Morgan fingerprint density at radius 3 is 2.84 bits per heavy atom. The van der Waals surface area contributed by atoms with Crippen LogP contribution >= 0.6 is 11.3 Å². The van der Waals surface area contributed by atoms with Crippen LogP contribution in [0.3, 0.4) is 0 Å². The molecule has 4 aromatic heterocycles. The third-order valence-electron chi connectivity index (χ3n) is 3.79. The third-order valence-corrected chi connectivity index (χ3v) is 4.61. The maximum absolute atomic E-state index is 5.86. The van der Waals surface area contributed by atoms with E-state index in [0.717, 1.165) is 27.4 Å². The molecule has 0 unspecified atom stereocenters. The van der Waals surface area contributed by atoms with Gasteiger partial charge in [-0.1, -0.05) is 6.07 Å². The average Bonchev–Trinajstić information content (AvgIpc) is 3.20. The molecule has 25 heavy (non-hydrogen) atoms. The summed E-state index contributed by atoms with van der Waals surface area (Å²) in [5.41, 5.74) is 9.53. The number of pyridine rings is 1. The van der Waals surface area contributed by atoms with Crippen molar-refractivity contribution in [2.75, 3.05) is 11.1 Å². The predicted octanol–water partition coefficient (Wildman–Crippen LogP) is 2.83. The van der Waals surface area contributed by atoms with Crippen LogP contribution in [-0.4, -0.2) is 24.5 Å². The van der Waals surface area contributed by atoms with Gasteiger partial charge in [0.2, 0.25) is 5.95 Å². The van der Waals surface area contributed by atoms with Crippen molar-refractivity contribution in [3.05, 3.63) is 58.4 Å². The molecule has 0 radical (unpaired) electrons. The van der Waals surface area contributed by atoms with E-state index in [2.05, 4.69) is 29.8 Å². The number of anilines is 2. The van der Waals surface area contributed by atoms with Crippen LogP contribution in [-0.2, 0) is 13.1 Å². The Balaban J connectivity index is 1.68. The van der Waals surface area contributed by atoms with E-state index in [1.807, 2.05) is 42.8 Å². The quantitative estimate of drug-likeness (QED) is 0.574. The van der Waals surface area contributed by atoms with Gasteiger partial charge in [0.25, 0.3) is 0 Å². The van der Waals surface area contributed by atoms with Crippen LogP contribution in [0.2, 0.25) is 0 Å². The Labute approximate surface area is 148 Å². The number of hydrogen-bond donors (Lipinski definition) is 2. The topological polar surface area (TPSA) is 94.5 Å². The third kappa shape index (κ3) is 3.29. The zero-order chi connectivity index (χ0) is 17.2. The van der Waals surface area contributed by atoms with Crippen molar-refractivity contribution in [2.45, 2.75) is 20.0 Å². The number of nitrogens with zero attached hydrogens (tertiary/aromatic N) is 5. The average molecular weight is 351 g/mol. The summed E-state index contributed by atoms with van der Waals surface area (Å²) < 4.78 is 2.08. The molecule has 0 saturated heterocycles. The van der Waals surface area contributed by atoms with Crippen LogP contribution < -0.4 is 11.1 Å². The lowest BCUT2D eigenvalue weighted by Gasteiger charge is -2.10. The summed E-state index contributed by atoms with van der Waals surface area (Å²) in [6.45, 7) is 3.22. The normalized spacial score (nSPS) is 11.1. The molecule has 0 atom stereocenters. The van der Waals surface area contributed by atoms with E-state index in [0.29, 0.717) is 18.9 Å². The van der Waals surface area contributed by atoms with E-state index < -0.39 is 0 Å². The van der Waals surface area contributed by atoms with Crippen LogP contribution in [0.15, 0.2) is 42.0 Å². The minimum atomic E-state index is 0.250. The largest absolute Gasteiger partial charge is 0.368 e. The molecule has 0 amide bonds. The number of nitrogens with two attached hydrogens (primary N) is 1. The van der Waals surface area contributed by atoms with E-state index in [1.165, 1.54) is 0 Å². The lowest BCUT2D eigenvalue weighted by Crippen LogP contribution is -2.08. The molecule has 0 aliphatic carbocycles. The Hall–Kier alpha value is -3.00. The van der Waals surface area contributed by atoms with Gasteiger partial charge in [-0.2, -0.15) is 4.98 Å². The molecule has 0 saturated carbocycles. The molecule has 4 aromatic rings. The Kier molecular flexibility index (Phi) is 4.02. The highest BCUT2D eigenvalue weighted by atomic mass is 32.1. The summed E-state index contributed by atoms with van der Waals surface area (Å²) in [5, 5.41) is 6.43. The van der Waals surface area contributed by atoms with E-state index in [1.54, 1.807) is 17.5 Å². The number of aromatic nitrogens is 5.